The molecule has 0 heterocycles. The highest BCUT2D eigenvalue weighted by molar-refractivity contribution is 6.74. The van der Waals surface area contributed by atoms with E-state index in [2.05, 4.69) is 38.6 Å². The third-order valence-corrected chi connectivity index (χ3v) is 8.45. The molecule has 0 fully saturated rings. The molecule has 0 amide bonds. The Balaban J connectivity index is 3.38. The fraction of sp³-hybridized carbons (Fsp3) is 0.824. The van der Waals surface area contributed by atoms with E-state index in [1.165, 1.54) is 13.2 Å². The first kappa shape index (κ1) is 23.3. The molecule has 0 atom stereocenters. The van der Waals surface area contributed by atoms with Crippen LogP contribution in [0.1, 0.15) is 20.8 Å². The number of carbonyl (C=O) groups is 1. The van der Waals surface area contributed by atoms with Crippen LogP contribution in [-0.2, 0) is 28.2 Å². The van der Waals surface area contributed by atoms with Crippen molar-refractivity contribution in [1.29, 1.82) is 0 Å². The maximum Gasteiger partial charge on any atom is 0.330 e. The lowest BCUT2D eigenvalue weighted by Gasteiger charge is -2.36. The molecule has 0 aromatic carbocycles. The average Bonchev–Trinajstić information content (AvgIpc) is 2.50. The van der Waals surface area contributed by atoms with Gasteiger partial charge in [-0.2, -0.15) is 0 Å². The van der Waals surface area contributed by atoms with E-state index in [9.17, 15) is 4.79 Å². The average molecular weight is 363 g/mol. The third kappa shape index (κ3) is 11.7. The van der Waals surface area contributed by atoms with Crippen LogP contribution in [-0.4, -0.2) is 67.6 Å². The molecule has 6 nitrogen and oxygen atoms in total. The van der Waals surface area contributed by atoms with Crippen molar-refractivity contribution in [3.05, 3.63) is 12.2 Å². The monoisotopic (exact) mass is 362 g/mol. The summed E-state index contributed by atoms with van der Waals surface area (Å²) in [6, 6.07) is 0. The van der Waals surface area contributed by atoms with Gasteiger partial charge in [0.2, 0.25) is 0 Å². The van der Waals surface area contributed by atoms with E-state index in [4.69, 9.17) is 18.6 Å². The number of ether oxygens (including phenoxy) is 4. The van der Waals surface area contributed by atoms with Crippen molar-refractivity contribution in [2.45, 2.75) is 38.9 Å². The zero-order valence-corrected chi connectivity index (χ0v) is 17.1. The number of rotatable bonds is 13. The third-order valence-electron chi connectivity index (χ3n) is 3.91. The van der Waals surface area contributed by atoms with Gasteiger partial charge in [0.1, 0.15) is 0 Å². The summed E-state index contributed by atoms with van der Waals surface area (Å²) in [6.07, 6.45) is 2.94. The number of esters is 1. The summed E-state index contributed by atoms with van der Waals surface area (Å²) in [5.74, 6) is -0.385. The Morgan fingerprint density at radius 3 is 1.92 bits per heavy atom. The molecule has 0 saturated heterocycles. The minimum absolute atomic E-state index is 0.224. The summed E-state index contributed by atoms with van der Waals surface area (Å²) >= 11 is 0. The first-order valence-corrected chi connectivity index (χ1v) is 11.2. The SMILES string of the molecule is COC(=O)/C=C/COCCOCCOCCO[Si](C)(C)C(C)(C)C. The summed E-state index contributed by atoms with van der Waals surface area (Å²) < 4.78 is 26.6. The van der Waals surface area contributed by atoms with Gasteiger partial charge in [-0.05, 0) is 18.1 Å². The molecular formula is C17H34O6Si. The summed E-state index contributed by atoms with van der Waals surface area (Å²) in [6.45, 7) is 14.8. The maximum atomic E-state index is 10.8. The molecule has 0 aliphatic heterocycles. The first-order valence-electron chi connectivity index (χ1n) is 8.32. The van der Waals surface area contributed by atoms with Gasteiger partial charge in [0.25, 0.3) is 0 Å². The fourth-order valence-corrected chi connectivity index (χ4v) is 2.40. The molecule has 0 aromatic rings. The van der Waals surface area contributed by atoms with Crippen LogP contribution in [0.4, 0.5) is 0 Å². The molecule has 24 heavy (non-hydrogen) atoms. The number of carbonyl (C=O) groups excluding carboxylic acids is 1. The highest BCUT2D eigenvalue weighted by atomic mass is 28.4. The molecule has 142 valence electrons. The molecule has 0 spiro atoms. The Morgan fingerprint density at radius 1 is 0.917 bits per heavy atom. The molecule has 0 aliphatic rings. The fourth-order valence-electron chi connectivity index (χ4n) is 1.38. The molecule has 0 rings (SSSR count). The Morgan fingerprint density at radius 2 is 1.42 bits per heavy atom. The van der Waals surface area contributed by atoms with Crippen LogP contribution < -0.4 is 0 Å². The standard InChI is InChI=1S/C17H34O6Si/c1-17(2,3)24(5,6)23-15-14-22-13-12-21-11-10-20-9-7-8-16(18)19-4/h7-8H,9-15H2,1-6H3/b8-7+. The Hall–Kier alpha value is -0.733. The van der Waals surface area contributed by atoms with Crippen molar-refractivity contribution in [1.82, 2.24) is 0 Å². The second kappa shape index (κ2) is 12.6. The van der Waals surface area contributed by atoms with E-state index >= 15 is 0 Å². The van der Waals surface area contributed by atoms with Gasteiger partial charge in [-0.3, -0.25) is 0 Å². The Bertz CT molecular complexity index is 363. The second-order valence-corrected chi connectivity index (χ2v) is 11.6. The summed E-state index contributed by atoms with van der Waals surface area (Å²) in [5, 5.41) is 0.224. The number of hydrogen-bond acceptors (Lipinski definition) is 6. The van der Waals surface area contributed by atoms with E-state index in [-0.39, 0.29) is 11.0 Å². The van der Waals surface area contributed by atoms with E-state index in [0.29, 0.717) is 46.2 Å². The van der Waals surface area contributed by atoms with Crippen molar-refractivity contribution >= 4 is 14.3 Å². The van der Waals surface area contributed by atoms with Crippen LogP contribution in [0.2, 0.25) is 18.1 Å². The van der Waals surface area contributed by atoms with Crippen LogP contribution in [0.5, 0.6) is 0 Å². The topological polar surface area (TPSA) is 63.2 Å². The molecule has 0 unspecified atom stereocenters. The van der Waals surface area contributed by atoms with Gasteiger partial charge < -0.3 is 23.4 Å². The van der Waals surface area contributed by atoms with Gasteiger partial charge in [-0.25, -0.2) is 4.79 Å². The van der Waals surface area contributed by atoms with Crippen LogP contribution in [0.3, 0.4) is 0 Å². The zero-order chi connectivity index (χ0) is 18.5. The van der Waals surface area contributed by atoms with Gasteiger partial charge in [0.05, 0.1) is 53.4 Å². The molecular weight excluding hydrogens is 328 g/mol. The van der Waals surface area contributed by atoms with Gasteiger partial charge >= 0.3 is 5.97 Å². The number of hydrogen-bond donors (Lipinski definition) is 0. The lowest BCUT2D eigenvalue weighted by atomic mass is 10.2. The van der Waals surface area contributed by atoms with Crippen LogP contribution in [0.25, 0.3) is 0 Å². The van der Waals surface area contributed by atoms with Gasteiger partial charge in [0.15, 0.2) is 8.32 Å². The predicted molar refractivity (Wildman–Crippen MR) is 96.8 cm³/mol. The van der Waals surface area contributed by atoms with E-state index < -0.39 is 8.32 Å². The Labute approximate surface area is 147 Å². The summed E-state index contributed by atoms with van der Waals surface area (Å²) in [4.78, 5) is 10.8. The Kier molecular flexibility index (Phi) is 12.2. The minimum atomic E-state index is -1.67. The molecule has 0 bridgehead atoms. The molecule has 0 aromatic heterocycles. The van der Waals surface area contributed by atoms with Gasteiger partial charge in [-0.15, -0.1) is 0 Å². The zero-order valence-electron chi connectivity index (χ0n) is 16.1. The largest absolute Gasteiger partial charge is 0.466 e. The quantitative estimate of drug-likeness (QED) is 0.217. The lowest BCUT2D eigenvalue weighted by molar-refractivity contribution is -0.134. The van der Waals surface area contributed by atoms with E-state index in [1.807, 2.05) is 0 Å². The van der Waals surface area contributed by atoms with Crippen molar-refractivity contribution < 1.29 is 28.2 Å². The van der Waals surface area contributed by atoms with Gasteiger partial charge in [-0.1, -0.05) is 26.8 Å². The van der Waals surface area contributed by atoms with Gasteiger partial charge in [0, 0.05) is 6.08 Å². The van der Waals surface area contributed by atoms with E-state index in [1.54, 1.807) is 6.08 Å². The van der Waals surface area contributed by atoms with E-state index in [0.717, 1.165) is 0 Å². The maximum absolute atomic E-state index is 10.8. The van der Waals surface area contributed by atoms with Crippen molar-refractivity contribution in [2.75, 3.05) is 53.4 Å². The van der Waals surface area contributed by atoms with Crippen LogP contribution >= 0.6 is 0 Å². The summed E-state index contributed by atoms with van der Waals surface area (Å²) in [7, 11) is -0.338. The lowest BCUT2D eigenvalue weighted by Crippen LogP contribution is -2.41. The van der Waals surface area contributed by atoms with Crippen molar-refractivity contribution in [2.24, 2.45) is 0 Å². The van der Waals surface area contributed by atoms with Crippen LogP contribution in [0.15, 0.2) is 12.2 Å². The normalized spacial score (nSPS) is 12.8. The molecule has 7 heteroatoms. The highest BCUT2D eigenvalue weighted by Gasteiger charge is 2.36. The highest BCUT2D eigenvalue weighted by Crippen LogP contribution is 2.36. The molecule has 0 radical (unpaired) electrons. The molecule has 0 N–H and O–H groups in total. The first-order chi connectivity index (χ1) is 11.2. The summed E-state index contributed by atoms with van der Waals surface area (Å²) in [5.41, 5.74) is 0. The second-order valence-electron chi connectivity index (χ2n) is 6.83. The van der Waals surface area contributed by atoms with Crippen LogP contribution in [0, 0.1) is 0 Å². The van der Waals surface area contributed by atoms with Crippen molar-refractivity contribution in [3.8, 4) is 0 Å². The number of methoxy groups -OCH3 is 1. The molecule has 0 saturated carbocycles. The smallest absolute Gasteiger partial charge is 0.330 e. The van der Waals surface area contributed by atoms with Crippen molar-refractivity contribution in [3.63, 3.8) is 0 Å². The molecule has 0 aliphatic carbocycles. The minimum Gasteiger partial charge on any atom is -0.466 e. The predicted octanol–water partition coefficient (Wildman–Crippen LogP) is 2.79.